The number of carbonyl (C=O) groups is 1. The first-order valence-electron chi connectivity index (χ1n) is 11.9. The third-order valence-electron chi connectivity index (χ3n) is 6.83. The average molecular weight is 424 g/mol. The van der Waals surface area contributed by atoms with Gasteiger partial charge in [0.25, 0.3) is 0 Å². The Morgan fingerprint density at radius 3 is 2.26 bits per heavy atom. The van der Waals surface area contributed by atoms with Crippen LogP contribution in [0.2, 0.25) is 0 Å². The predicted molar refractivity (Wildman–Crippen MR) is 122 cm³/mol. The fraction of sp³-hybridized carbons (Fsp3) is 0.500. The zero-order chi connectivity index (χ0) is 21.5. The summed E-state index contributed by atoms with van der Waals surface area (Å²) >= 11 is 0. The van der Waals surface area contributed by atoms with E-state index in [1.54, 1.807) is 9.80 Å². The van der Waals surface area contributed by atoms with Crippen LogP contribution in [0, 0.1) is 5.92 Å². The number of piperazine rings is 1. The van der Waals surface area contributed by atoms with Gasteiger partial charge < -0.3 is 19.4 Å². The lowest BCUT2D eigenvalue weighted by Gasteiger charge is -2.36. The Kier molecular flexibility index (Phi) is 7.60. The first-order valence-corrected chi connectivity index (χ1v) is 11.9. The van der Waals surface area contributed by atoms with E-state index in [9.17, 15) is 4.79 Å². The lowest BCUT2D eigenvalue weighted by atomic mass is 9.94. The Balaban J connectivity index is 1.22. The van der Waals surface area contributed by atoms with E-state index in [0.717, 1.165) is 70.9 Å². The van der Waals surface area contributed by atoms with Crippen LogP contribution in [0.1, 0.15) is 30.9 Å². The molecule has 2 fully saturated rings. The highest BCUT2D eigenvalue weighted by Gasteiger charge is 2.33. The second kappa shape index (κ2) is 10.8. The molecule has 2 saturated heterocycles. The lowest BCUT2D eigenvalue weighted by Crippen LogP contribution is -3.13. The number of piperidine rings is 1. The molecule has 0 spiro atoms. The smallest absolute Gasteiger partial charge is 0.226 e. The summed E-state index contributed by atoms with van der Waals surface area (Å²) in [5.41, 5.74) is 2.67. The van der Waals surface area contributed by atoms with Crippen molar-refractivity contribution in [1.82, 2.24) is 4.90 Å². The molecule has 5 nitrogen and oxygen atoms in total. The van der Waals surface area contributed by atoms with Crippen LogP contribution in [-0.2, 0) is 17.9 Å². The second-order valence-electron chi connectivity index (χ2n) is 8.98. The van der Waals surface area contributed by atoms with Crippen LogP contribution < -0.4 is 14.5 Å². The number of ether oxygens (including phenoxy) is 1. The van der Waals surface area contributed by atoms with E-state index in [1.807, 2.05) is 13.0 Å². The van der Waals surface area contributed by atoms with Gasteiger partial charge >= 0.3 is 0 Å². The minimum absolute atomic E-state index is 0.210. The highest BCUT2D eigenvalue weighted by atomic mass is 16.5. The number of nitrogens with one attached hydrogen (secondary N) is 2. The van der Waals surface area contributed by atoms with E-state index < -0.39 is 0 Å². The van der Waals surface area contributed by atoms with Crippen LogP contribution >= 0.6 is 0 Å². The van der Waals surface area contributed by atoms with E-state index >= 15 is 0 Å². The zero-order valence-corrected chi connectivity index (χ0v) is 18.8. The number of amides is 1. The van der Waals surface area contributed by atoms with Crippen molar-refractivity contribution in [2.45, 2.75) is 32.9 Å². The van der Waals surface area contributed by atoms with Crippen molar-refractivity contribution in [2.24, 2.45) is 5.92 Å². The number of likely N-dealkylation sites (tertiary alicyclic amines) is 1. The summed E-state index contributed by atoms with van der Waals surface area (Å²) in [5, 5.41) is 0. The maximum atomic E-state index is 13.1. The molecule has 0 aromatic heterocycles. The largest absolute Gasteiger partial charge is 0.493 e. The minimum atomic E-state index is 0.210. The van der Waals surface area contributed by atoms with Crippen molar-refractivity contribution >= 4 is 5.91 Å². The van der Waals surface area contributed by atoms with Crippen molar-refractivity contribution in [3.8, 4) is 5.75 Å². The van der Waals surface area contributed by atoms with Crippen molar-refractivity contribution in [1.29, 1.82) is 0 Å². The van der Waals surface area contributed by atoms with Crippen molar-refractivity contribution in [3.05, 3.63) is 65.7 Å². The second-order valence-corrected chi connectivity index (χ2v) is 8.98. The summed E-state index contributed by atoms with van der Waals surface area (Å²) in [6.45, 7) is 10.8. The number of nitrogens with zero attached hydrogens (tertiary/aromatic N) is 1. The fourth-order valence-electron chi connectivity index (χ4n) is 5.03. The lowest BCUT2D eigenvalue weighted by molar-refractivity contribution is -0.919. The highest BCUT2D eigenvalue weighted by Crippen LogP contribution is 2.18. The van der Waals surface area contributed by atoms with Gasteiger partial charge in [0.15, 0.2) is 0 Å². The molecule has 2 aliphatic heterocycles. The monoisotopic (exact) mass is 423 g/mol. The van der Waals surface area contributed by atoms with Crippen molar-refractivity contribution < 1.29 is 19.3 Å². The first kappa shape index (κ1) is 21.8. The molecule has 0 aliphatic carbocycles. The summed E-state index contributed by atoms with van der Waals surface area (Å²) in [6, 6.07) is 19.1. The standard InChI is InChI=1S/C26H35N3O2/c1-2-31-25-11-7-6-10-24(25)21-27-14-12-23(13-15-27)26(30)29-18-16-28(17-19-29)20-22-8-4-3-5-9-22/h3-11,23H,2,12-21H2,1H3/p+2. The summed E-state index contributed by atoms with van der Waals surface area (Å²) in [7, 11) is 0. The highest BCUT2D eigenvalue weighted by molar-refractivity contribution is 5.79. The predicted octanol–water partition coefficient (Wildman–Crippen LogP) is 0.808. The van der Waals surface area contributed by atoms with Crippen LogP contribution in [0.3, 0.4) is 0 Å². The van der Waals surface area contributed by atoms with Crippen LogP contribution in [0.25, 0.3) is 0 Å². The summed E-state index contributed by atoms with van der Waals surface area (Å²) in [4.78, 5) is 18.4. The molecule has 0 bridgehead atoms. The topological polar surface area (TPSA) is 38.4 Å². The maximum absolute atomic E-state index is 13.1. The number of hydrogen-bond acceptors (Lipinski definition) is 2. The summed E-state index contributed by atoms with van der Waals surface area (Å²) < 4.78 is 5.79. The molecule has 2 aromatic carbocycles. The quantitative estimate of drug-likeness (QED) is 0.692. The van der Waals surface area contributed by atoms with Gasteiger partial charge in [0.05, 0.1) is 45.9 Å². The van der Waals surface area contributed by atoms with Crippen LogP contribution in [-0.4, -0.2) is 56.7 Å². The number of benzene rings is 2. The Bertz CT molecular complexity index is 826. The molecule has 0 atom stereocenters. The number of carbonyl (C=O) groups excluding carboxylic acids is 1. The third-order valence-corrected chi connectivity index (χ3v) is 6.83. The molecule has 0 radical (unpaired) electrons. The Morgan fingerprint density at radius 2 is 1.55 bits per heavy atom. The SMILES string of the molecule is CCOc1ccccc1C[NH+]1CCC(C(=O)N2CC[NH+](Cc3ccccc3)CC2)CC1. The number of quaternary nitrogens is 2. The molecule has 4 rings (SSSR count). The Hall–Kier alpha value is -2.37. The molecule has 5 heteroatoms. The maximum Gasteiger partial charge on any atom is 0.226 e. The summed E-state index contributed by atoms with van der Waals surface area (Å²) in [6.07, 6.45) is 2.00. The van der Waals surface area contributed by atoms with Gasteiger partial charge in [0.2, 0.25) is 5.91 Å². The zero-order valence-electron chi connectivity index (χ0n) is 18.8. The van der Waals surface area contributed by atoms with Gasteiger partial charge in [-0.15, -0.1) is 0 Å². The van der Waals surface area contributed by atoms with E-state index in [-0.39, 0.29) is 5.92 Å². The number of rotatable bonds is 7. The minimum Gasteiger partial charge on any atom is -0.493 e. The average Bonchev–Trinajstić information content (AvgIpc) is 2.82. The van der Waals surface area contributed by atoms with Gasteiger partial charge in [-0.25, -0.2) is 0 Å². The fourth-order valence-corrected chi connectivity index (χ4v) is 5.03. The molecule has 166 valence electrons. The van der Waals surface area contributed by atoms with Crippen molar-refractivity contribution in [2.75, 3.05) is 45.9 Å². The van der Waals surface area contributed by atoms with Crippen molar-refractivity contribution in [3.63, 3.8) is 0 Å². The van der Waals surface area contributed by atoms with E-state index in [1.165, 1.54) is 11.1 Å². The molecule has 0 unspecified atom stereocenters. The number of hydrogen-bond donors (Lipinski definition) is 2. The Labute approximate surface area is 186 Å². The molecule has 2 heterocycles. The molecule has 2 N–H and O–H groups in total. The normalized spacial score (nSPS) is 22.3. The van der Waals surface area contributed by atoms with E-state index in [2.05, 4.69) is 53.4 Å². The number of para-hydroxylation sites is 1. The van der Waals surface area contributed by atoms with Crippen LogP contribution in [0.5, 0.6) is 5.75 Å². The Morgan fingerprint density at radius 1 is 0.903 bits per heavy atom. The molecule has 31 heavy (non-hydrogen) atoms. The molecular weight excluding hydrogens is 386 g/mol. The first-order chi connectivity index (χ1) is 15.2. The van der Waals surface area contributed by atoms with Gasteiger partial charge in [-0.1, -0.05) is 42.5 Å². The summed E-state index contributed by atoms with van der Waals surface area (Å²) in [5.74, 6) is 1.61. The van der Waals surface area contributed by atoms with Gasteiger partial charge in [-0.2, -0.15) is 0 Å². The molecule has 0 saturated carbocycles. The van der Waals surface area contributed by atoms with Crippen LogP contribution in [0.4, 0.5) is 0 Å². The van der Waals surface area contributed by atoms with E-state index in [4.69, 9.17) is 4.74 Å². The van der Waals surface area contributed by atoms with Gasteiger partial charge in [0, 0.05) is 29.9 Å². The van der Waals surface area contributed by atoms with E-state index in [0.29, 0.717) is 12.5 Å². The van der Waals surface area contributed by atoms with Gasteiger partial charge in [0.1, 0.15) is 18.8 Å². The molecule has 2 aromatic rings. The van der Waals surface area contributed by atoms with Gasteiger partial charge in [-0.3, -0.25) is 4.79 Å². The molecule has 2 aliphatic rings. The third kappa shape index (κ3) is 5.86. The van der Waals surface area contributed by atoms with Crippen LogP contribution in [0.15, 0.2) is 54.6 Å². The molecular formula is C26H37N3O2+2. The molecule has 1 amide bonds. The van der Waals surface area contributed by atoms with Gasteiger partial charge in [-0.05, 0) is 19.1 Å².